The van der Waals surface area contributed by atoms with Gasteiger partial charge in [-0.05, 0) is 49.5 Å². The fourth-order valence-electron chi connectivity index (χ4n) is 3.79. The van der Waals surface area contributed by atoms with Crippen molar-refractivity contribution in [3.05, 3.63) is 66.7 Å². The third-order valence-electron chi connectivity index (χ3n) is 5.75. The molecule has 2 aromatic heterocycles. The van der Waals surface area contributed by atoms with Crippen LogP contribution in [-0.4, -0.2) is 42.8 Å². The van der Waals surface area contributed by atoms with Crippen LogP contribution in [0.4, 0.5) is 13.2 Å². The number of benzene rings is 2. The number of rotatable bonds is 5. The molecule has 1 fully saturated rings. The predicted molar refractivity (Wildman–Crippen MR) is 116 cm³/mol. The van der Waals surface area contributed by atoms with Gasteiger partial charge in [0.2, 0.25) is 10.0 Å². The smallest absolute Gasteiger partial charge is 0.377 e. The molecule has 0 bridgehead atoms. The van der Waals surface area contributed by atoms with E-state index >= 15 is 0 Å². The molecule has 1 N–H and O–H groups in total. The first-order valence-electron chi connectivity index (χ1n) is 10.1. The molecule has 0 unspecified atom stereocenters. The van der Waals surface area contributed by atoms with Crippen LogP contribution < -0.4 is 4.72 Å². The molecule has 0 amide bonds. The highest BCUT2D eigenvalue weighted by Crippen LogP contribution is 2.35. The summed E-state index contributed by atoms with van der Waals surface area (Å²) in [6.45, 7) is 1.18. The minimum Gasteiger partial charge on any atom is -0.377 e. The number of imidazole rings is 1. The number of hydrogen-bond donors (Lipinski definition) is 1. The van der Waals surface area contributed by atoms with Gasteiger partial charge in [0.05, 0.1) is 47.3 Å². The van der Waals surface area contributed by atoms with E-state index in [9.17, 15) is 21.6 Å². The molecule has 7 nitrogen and oxygen atoms in total. The molecule has 0 radical (unpaired) electrons. The molecule has 0 spiro atoms. The summed E-state index contributed by atoms with van der Waals surface area (Å²) in [7, 11) is -2.37. The second-order valence-corrected chi connectivity index (χ2v) is 9.63. The van der Waals surface area contributed by atoms with Gasteiger partial charge in [0.25, 0.3) is 0 Å². The van der Waals surface area contributed by atoms with Crippen LogP contribution in [0.1, 0.15) is 11.6 Å². The standard InChI is InChI=1S/C22H19F3N4O3S/c1-26-33(30,31)17-6-7-21-18(8-17)19(20-10-28(13-27-20)16-11-32-12-16)9-29(21)15-4-2-14(3-5-15)22(23,24)25/h2-10,13,16,26H,11-12H2,1H3. The Morgan fingerprint density at radius 1 is 1.09 bits per heavy atom. The second kappa shape index (κ2) is 7.72. The van der Waals surface area contributed by atoms with Gasteiger partial charge in [0.1, 0.15) is 0 Å². The van der Waals surface area contributed by atoms with Crippen LogP contribution in [0.2, 0.25) is 0 Å². The van der Waals surface area contributed by atoms with Crippen molar-refractivity contribution in [2.75, 3.05) is 20.3 Å². The molecule has 1 aliphatic heterocycles. The minimum absolute atomic E-state index is 0.0794. The van der Waals surface area contributed by atoms with Gasteiger partial charge in [0.15, 0.2) is 0 Å². The largest absolute Gasteiger partial charge is 0.416 e. The number of alkyl halides is 3. The van der Waals surface area contributed by atoms with Crippen LogP contribution in [0, 0.1) is 0 Å². The average molecular weight is 476 g/mol. The fraction of sp³-hybridized carbons (Fsp3) is 0.227. The topological polar surface area (TPSA) is 78.2 Å². The number of halogens is 3. The normalized spacial score (nSPS) is 15.2. The zero-order valence-corrected chi connectivity index (χ0v) is 18.2. The zero-order valence-electron chi connectivity index (χ0n) is 17.4. The average Bonchev–Trinajstić information content (AvgIpc) is 3.36. The Kier molecular flexibility index (Phi) is 5.07. The van der Waals surface area contributed by atoms with Crippen molar-refractivity contribution in [2.24, 2.45) is 0 Å². The lowest BCUT2D eigenvalue weighted by Crippen LogP contribution is -2.29. The number of hydrogen-bond acceptors (Lipinski definition) is 4. The van der Waals surface area contributed by atoms with Gasteiger partial charge in [-0.3, -0.25) is 0 Å². The van der Waals surface area contributed by atoms with Crippen molar-refractivity contribution < 1.29 is 26.3 Å². The van der Waals surface area contributed by atoms with E-state index in [2.05, 4.69) is 9.71 Å². The number of aromatic nitrogens is 3. The van der Waals surface area contributed by atoms with Crippen LogP contribution in [0.5, 0.6) is 0 Å². The van der Waals surface area contributed by atoms with E-state index < -0.39 is 21.8 Å². The van der Waals surface area contributed by atoms with E-state index in [0.29, 0.717) is 41.1 Å². The van der Waals surface area contributed by atoms with Crippen LogP contribution in [0.25, 0.3) is 27.8 Å². The third-order valence-corrected chi connectivity index (χ3v) is 7.16. The van der Waals surface area contributed by atoms with Gasteiger partial charge >= 0.3 is 6.18 Å². The molecular formula is C22H19F3N4O3S. The van der Waals surface area contributed by atoms with E-state index in [1.807, 2.05) is 10.8 Å². The first-order valence-corrected chi connectivity index (χ1v) is 11.5. The molecule has 5 rings (SSSR count). The van der Waals surface area contributed by atoms with Gasteiger partial charge in [0, 0.05) is 29.0 Å². The van der Waals surface area contributed by atoms with E-state index in [-0.39, 0.29) is 10.9 Å². The second-order valence-electron chi connectivity index (χ2n) is 7.74. The highest BCUT2D eigenvalue weighted by molar-refractivity contribution is 7.89. The van der Waals surface area contributed by atoms with Crippen LogP contribution in [-0.2, 0) is 20.9 Å². The molecule has 1 aliphatic rings. The summed E-state index contributed by atoms with van der Waals surface area (Å²) in [6.07, 6.45) is 0.875. The van der Waals surface area contributed by atoms with Crippen LogP contribution in [0.15, 0.2) is 66.1 Å². The number of ether oxygens (including phenoxy) is 1. The fourth-order valence-corrected chi connectivity index (χ4v) is 4.55. The first kappa shape index (κ1) is 21.7. The molecule has 2 aromatic carbocycles. The van der Waals surface area contributed by atoms with Crippen molar-refractivity contribution in [3.63, 3.8) is 0 Å². The van der Waals surface area contributed by atoms with Gasteiger partial charge < -0.3 is 13.9 Å². The Balaban J connectivity index is 1.68. The Hall–Kier alpha value is -3.15. The summed E-state index contributed by atoms with van der Waals surface area (Å²) in [5.74, 6) is 0. The first-order chi connectivity index (χ1) is 15.7. The van der Waals surface area contributed by atoms with Crippen LogP contribution >= 0.6 is 0 Å². The Labute approximate surface area is 187 Å². The molecular weight excluding hydrogens is 457 g/mol. The SMILES string of the molecule is CNS(=O)(=O)c1ccc2c(c1)c(-c1cn(C3COC3)cn1)cn2-c1ccc(C(F)(F)F)cc1. The molecule has 0 aliphatic carbocycles. The lowest BCUT2D eigenvalue weighted by atomic mass is 10.1. The lowest BCUT2D eigenvalue weighted by molar-refractivity contribution is -0.137. The van der Waals surface area contributed by atoms with E-state index in [1.165, 1.54) is 25.2 Å². The maximum absolute atomic E-state index is 13.0. The van der Waals surface area contributed by atoms with Crippen molar-refractivity contribution in [1.29, 1.82) is 0 Å². The summed E-state index contributed by atoms with van der Waals surface area (Å²) in [5.41, 5.74) is 1.69. The molecule has 11 heteroatoms. The lowest BCUT2D eigenvalue weighted by Gasteiger charge is -2.26. The number of nitrogens with one attached hydrogen (secondary N) is 1. The summed E-state index contributed by atoms with van der Waals surface area (Å²) in [5, 5.41) is 0.612. The van der Waals surface area contributed by atoms with Crippen LogP contribution in [0.3, 0.4) is 0 Å². The summed E-state index contributed by atoms with van der Waals surface area (Å²) < 4.78 is 75.0. The molecule has 1 saturated heterocycles. The Morgan fingerprint density at radius 2 is 1.82 bits per heavy atom. The van der Waals surface area contributed by atoms with Gasteiger partial charge in [-0.2, -0.15) is 13.2 Å². The maximum Gasteiger partial charge on any atom is 0.416 e. The van der Waals surface area contributed by atoms with Gasteiger partial charge in [-0.15, -0.1) is 0 Å². The molecule has 0 atom stereocenters. The third kappa shape index (κ3) is 3.81. The summed E-state index contributed by atoms with van der Waals surface area (Å²) in [6, 6.07) is 9.64. The molecule has 172 valence electrons. The summed E-state index contributed by atoms with van der Waals surface area (Å²) >= 11 is 0. The van der Waals surface area contributed by atoms with E-state index in [4.69, 9.17) is 4.74 Å². The monoisotopic (exact) mass is 476 g/mol. The quantitative estimate of drug-likeness (QED) is 0.473. The number of sulfonamides is 1. The van der Waals surface area contributed by atoms with E-state index in [0.717, 1.165) is 12.1 Å². The van der Waals surface area contributed by atoms with Gasteiger partial charge in [-0.1, -0.05) is 0 Å². The highest BCUT2D eigenvalue weighted by atomic mass is 32.2. The minimum atomic E-state index is -4.43. The van der Waals surface area contributed by atoms with Crippen molar-refractivity contribution in [1.82, 2.24) is 18.8 Å². The maximum atomic E-state index is 13.0. The number of nitrogens with zero attached hydrogens (tertiary/aromatic N) is 3. The predicted octanol–water partition coefficient (Wildman–Crippen LogP) is 3.99. The Bertz CT molecular complexity index is 1440. The highest BCUT2D eigenvalue weighted by Gasteiger charge is 2.30. The summed E-state index contributed by atoms with van der Waals surface area (Å²) in [4.78, 5) is 4.56. The molecule has 0 saturated carbocycles. The van der Waals surface area contributed by atoms with Crippen molar-refractivity contribution in [3.8, 4) is 16.9 Å². The number of fused-ring (bicyclic) bond motifs is 1. The molecule has 3 heterocycles. The van der Waals surface area contributed by atoms with Crippen molar-refractivity contribution in [2.45, 2.75) is 17.1 Å². The zero-order chi connectivity index (χ0) is 23.4. The molecule has 33 heavy (non-hydrogen) atoms. The van der Waals surface area contributed by atoms with Gasteiger partial charge in [-0.25, -0.2) is 18.1 Å². The molecule has 4 aromatic rings. The Morgan fingerprint density at radius 3 is 2.42 bits per heavy atom. The van der Waals surface area contributed by atoms with Crippen molar-refractivity contribution >= 4 is 20.9 Å². The van der Waals surface area contributed by atoms with E-state index in [1.54, 1.807) is 29.2 Å².